The number of aliphatic carboxylic acids is 1. The van der Waals surface area contributed by atoms with Gasteiger partial charge in [0.25, 0.3) is 5.91 Å². The summed E-state index contributed by atoms with van der Waals surface area (Å²) >= 11 is 0. The number of benzene rings is 2. The van der Waals surface area contributed by atoms with Crippen LogP contribution in [0, 0.1) is 5.82 Å². The van der Waals surface area contributed by atoms with Crippen LogP contribution in [-0.4, -0.2) is 23.1 Å². The van der Waals surface area contributed by atoms with E-state index in [4.69, 9.17) is 9.84 Å². The second-order valence-corrected chi connectivity index (χ2v) is 5.63. The minimum Gasteiger partial charge on any atom is -0.481 e. The van der Waals surface area contributed by atoms with E-state index in [-0.39, 0.29) is 12.3 Å². The highest BCUT2D eigenvalue weighted by Gasteiger charge is 2.30. The van der Waals surface area contributed by atoms with Gasteiger partial charge in [0.15, 0.2) is 6.10 Å². The lowest BCUT2D eigenvalue weighted by Gasteiger charge is -2.20. The molecule has 2 N–H and O–H groups in total. The van der Waals surface area contributed by atoms with E-state index in [1.54, 1.807) is 6.07 Å². The third-order valence-corrected chi connectivity index (χ3v) is 3.91. The highest BCUT2D eigenvalue weighted by atomic mass is 19.1. The first-order chi connectivity index (χ1) is 11.5. The zero-order valence-corrected chi connectivity index (χ0v) is 12.7. The van der Waals surface area contributed by atoms with E-state index in [9.17, 15) is 14.0 Å². The largest absolute Gasteiger partial charge is 0.481 e. The summed E-state index contributed by atoms with van der Waals surface area (Å²) in [7, 11) is 0. The predicted molar refractivity (Wildman–Crippen MR) is 84.1 cm³/mol. The minimum atomic E-state index is -1.06. The van der Waals surface area contributed by atoms with Gasteiger partial charge in [0, 0.05) is 6.42 Å². The molecule has 0 aliphatic carbocycles. The molecular weight excluding hydrogens is 313 g/mol. The zero-order chi connectivity index (χ0) is 17.1. The molecule has 6 heteroatoms. The number of carboxylic acid groups (broad SMARTS) is 1. The molecule has 1 aliphatic rings. The number of halogens is 1. The number of carbonyl (C=O) groups is 2. The molecule has 0 saturated carbocycles. The van der Waals surface area contributed by atoms with Gasteiger partial charge in [-0.2, -0.15) is 0 Å². The first-order valence-electron chi connectivity index (χ1n) is 7.55. The normalized spacial score (nSPS) is 16.8. The van der Waals surface area contributed by atoms with Crippen LogP contribution in [0.2, 0.25) is 0 Å². The third-order valence-electron chi connectivity index (χ3n) is 3.91. The molecule has 2 aromatic carbocycles. The van der Waals surface area contributed by atoms with Crippen LogP contribution in [-0.2, 0) is 16.0 Å². The van der Waals surface area contributed by atoms with Gasteiger partial charge >= 0.3 is 5.97 Å². The Morgan fingerprint density at radius 1 is 1.21 bits per heavy atom. The second kappa shape index (κ2) is 6.70. The van der Waals surface area contributed by atoms with Gasteiger partial charge in [-0.05, 0) is 29.3 Å². The van der Waals surface area contributed by atoms with Crippen molar-refractivity contribution in [1.82, 2.24) is 5.32 Å². The Morgan fingerprint density at radius 3 is 2.58 bits per heavy atom. The Labute approximate surface area is 138 Å². The highest BCUT2D eigenvalue weighted by molar-refractivity contribution is 5.83. The molecule has 1 aliphatic heterocycles. The summed E-state index contributed by atoms with van der Waals surface area (Å²) in [6.07, 6.45) is -0.554. The second-order valence-electron chi connectivity index (χ2n) is 5.63. The van der Waals surface area contributed by atoms with E-state index in [1.165, 1.54) is 24.3 Å². The van der Waals surface area contributed by atoms with Crippen molar-refractivity contribution in [3.63, 3.8) is 0 Å². The van der Waals surface area contributed by atoms with Gasteiger partial charge < -0.3 is 15.2 Å². The van der Waals surface area contributed by atoms with Crippen LogP contribution in [0.15, 0.2) is 48.5 Å². The number of rotatable bonds is 5. The Morgan fingerprint density at radius 2 is 1.92 bits per heavy atom. The predicted octanol–water partition coefficient (Wildman–Crippen LogP) is 2.46. The highest BCUT2D eigenvalue weighted by Crippen LogP contribution is 2.28. The van der Waals surface area contributed by atoms with E-state index in [0.29, 0.717) is 17.7 Å². The number of hydrogen-bond donors (Lipinski definition) is 2. The lowest BCUT2D eigenvalue weighted by atomic mass is 10.0. The summed E-state index contributed by atoms with van der Waals surface area (Å²) in [5, 5.41) is 11.8. The zero-order valence-electron chi connectivity index (χ0n) is 12.7. The van der Waals surface area contributed by atoms with Crippen molar-refractivity contribution in [1.29, 1.82) is 0 Å². The van der Waals surface area contributed by atoms with Crippen LogP contribution in [0.5, 0.6) is 5.75 Å². The number of para-hydroxylation sites is 1. The molecule has 3 rings (SSSR count). The lowest BCUT2D eigenvalue weighted by molar-refractivity contribution is -0.138. The van der Waals surface area contributed by atoms with Crippen LogP contribution in [0.25, 0.3) is 0 Å². The van der Waals surface area contributed by atoms with Crippen LogP contribution < -0.4 is 10.1 Å². The standard InChI is InChI=1S/C18H16FNO4/c19-13-7-5-11(6-8-13)14(10-17(21)22)20-18(23)16-9-12-3-1-2-4-15(12)24-16/h1-8,14,16H,9-10H2,(H,20,23)(H,21,22)/t14-,16-/m1/s1. The molecule has 1 amide bonds. The number of carbonyl (C=O) groups excluding carboxylic acids is 1. The molecular formula is C18H16FNO4. The minimum absolute atomic E-state index is 0.295. The average Bonchev–Trinajstić information content (AvgIpc) is 2.98. The summed E-state index contributed by atoms with van der Waals surface area (Å²) in [5.41, 5.74) is 1.47. The Balaban J connectivity index is 1.72. The van der Waals surface area contributed by atoms with Crippen molar-refractivity contribution in [2.24, 2.45) is 0 Å². The van der Waals surface area contributed by atoms with Gasteiger partial charge in [0.2, 0.25) is 0 Å². The molecule has 0 spiro atoms. The number of carboxylic acids is 1. The first-order valence-corrected chi connectivity index (χ1v) is 7.55. The molecule has 0 radical (unpaired) electrons. The van der Waals surface area contributed by atoms with Crippen molar-refractivity contribution < 1.29 is 23.8 Å². The van der Waals surface area contributed by atoms with Crippen molar-refractivity contribution in [2.45, 2.75) is 25.0 Å². The molecule has 0 fully saturated rings. The smallest absolute Gasteiger partial charge is 0.305 e. The molecule has 24 heavy (non-hydrogen) atoms. The van der Waals surface area contributed by atoms with Crippen molar-refractivity contribution in [3.05, 3.63) is 65.5 Å². The first kappa shape index (κ1) is 16.0. The van der Waals surface area contributed by atoms with Crippen molar-refractivity contribution in [2.75, 3.05) is 0 Å². The molecule has 124 valence electrons. The Hall–Kier alpha value is -2.89. The van der Waals surface area contributed by atoms with E-state index in [2.05, 4.69) is 5.32 Å². The fourth-order valence-electron chi connectivity index (χ4n) is 2.71. The van der Waals surface area contributed by atoms with Gasteiger partial charge in [0.05, 0.1) is 12.5 Å². The molecule has 5 nitrogen and oxygen atoms in total. The van der Waals surface area contributed by atoms with Crippen LogP contribution in [0.3, 0.4) is 0 Å². The van der Waals surface area contributed by atoms with E-state index in [1.807, 2.05) is 18.2 Å². The maximum atomic E-state index is 13.0. The topological polar surface area (TPSA) is 75.6 Å². The summed E-state index contributed by atoms with van der Waals surface area (Å²) in [5.74, 6) is -1.20. The molecule has 0 aromatic heterocycles. The number of ether oxygens (including phenoxy) is 1. The molecule has 2 aromatic rings. The average molecular weight is 329 g/mol. The van der Waals surface area contributed by atoms with Gasteiger partial charge in [-0.3, -0.25) is 9.59 Å². The number of amides is 1. The molecule has 2 atom stereocenters. The molecule has 0 saturated heterocycles. The number of fused-ring (bicyclic) bond motifs is 1. The van der Waals surface area contributed by atoms with E-state index < -0.39 is 23.9 Å². The molecule has 0 unspecified atom stereocenters. The SMILES string of the molecule is O=C(O)C[C@@H](NC(=O)[C@H]1Cc2ccccc2O1)c1ccc(F)cc1. The van der Waals surface area contributed by atoms with Crippen molar-refractivity contribution >= 4 is 11.9 Å². The summed E-state index contributed by atoms with van der Waals surface area (Å²) in [6.45, 7) is 0. The van der Waals surface area contributed by atoms with E-state index in [0.717, 1.165) is 5.56 Å². The van der Waals surface area contributed by atoms with Gasteiger partial charge in [-0.15, -0.1) is 0 Å². The monoisotopic (exact) mass is 329 g/mol. The maximum Gasteiger partial charge on any atom is 0.305 e. The van der Waals surface area contributed by atoms with E-state index >= 15 is 0 Å². The van der Waals surface area contributed by atoms with Gasteiger partial charge in [0.1, 0.15) is 11.6 Å². The number of nitrogens with one attached hydrogen (secondary N) is 1. The van der Waals surface area contributed by atoms with Crippen LogP contribution >= 0.6 is 0 Å². The third kappa shape index (κ3) is 3.53. The van der Waals surface area contributed by atoms with Crippen LogP contribution in [0.4, 0.5) is 4.39 Å². The molecule has 1 heterocycles. The number of hydrogen-bond acceptors (Lipinski definition) is 3. The van der Waals surface area contributed by atoms with Gasteiger partial charge in [-0.1, -0.05) is 30.3 Å². The fourth-order valence-corrected chi connectivity index (χ4v) is 2.71. The maximum absolute atomic E-state index is 13.0. The Bertz CT molecular complexity index is 735. The molecule has 0 bridgehead atoms. The summed E-state index contributed by atoms with van der Waals surface area (Å²) < 4.78 is 18.7. The quantitative estimate of drug-likeness (QED) is 0.883. The van der Waals surface area contributed by atoms with Crippen LogP contribution in [0.1, 0.15) is 23.6 Å². The summed E-state index contributed by atoms with van der Waals surface area (Å²) in [6, 6.07) is 12.0. The van der Waals surface area contributed by atoms with Gasteiger partial charge in [-0.25, -0.2) is 4.39 Å². The Kier molecular flexibility index (Phi) is 4.46. The summed E-state index contributed by atoms with van der Waals surface area (Å²) in [4.78, 5) is 23.5. The van der Waals surface area contributed by atoms with Crippen molar-refractivity contribution in [3.8, 4) is 5.75 Å². The fraction of sp³-hybridized carbons (Fsp3) is 0.222. The lowest BCUT2D eigenvalue weighted by Crippen LogP contribution is -2.40.